The van der Waals surface area contributed by atoms with E-state index in [1.165, 1.54) is 64.2 Å². The maximum absolute atomic E-state index is 5.07. The standard InChI is InChI=1S/C31H35N3S/c1-22-8-12-26(13-9-22)29-30(27-14-10-23(2)11-15-27)35-31(33-29)32-20-25-16-18-34(19-17-25)21-28-7-5-4-6-24(28)3/h4-15,25H,16-21H2,1-3H3,(H,32,33). The lowest BCUT2D eigenvalue weighted by molar-refractivity contribution is 0.182. The molecule has 3 nitrogen and oxygen atoms in total. The molecule has 1 aromatic heterocycles. The van der Waals surface area contributed by atoms with E-state index in [2.05, 4.69) is 104 Å². The van der Waals surface area contributed by atoms with Crippen LogP contribution in [0, 0.1) is 26.7 Å². The molecule has 1 fully saturated rings. The third-order valence-corrected chi connectivity index (χ3v) is 8.23. The third kappa shape index (κ3) is 5.83. The van der Waals surface area contributed by atoms with Gasteiger partial charge in [-0.15, -0.1) is 0 Å². The van der Waals surface area contributed by atoms with Crippen LogP contribution in [0.1, 0.15) is 35.1 Å². The number of hydrogen-bond acceptors (Lipinski definition) is 4. The highest BCUT2D eigenvalue weighted by Crippen LogP contribution is 2.39. The van der Waals surface area contributed by atoms with Gasteiger partial charge in [-0.2, -0.15) is 0 Å². The molecule has 180 valence electrons. The Balaban J connectivity index is 1.25. The summed E-state index contributed by atoms with van der Waals surface area (Å²) in [5.41, 5.74) is 8.90. The normalized spacial score (nSPS) is 14.8. The largest absolute Gasteiger partial charge is 0.361 e. The van der Waals surface area contributed by atoms with Crippen molar-refractivity contribution in [2.24, 2.45) is 5.92 Å². The zero-order valence-electron chi connectivity index (χ0n) is 21.1. The second-order valence-corrected chi connectivity index (χ2v) is 11.0. The van der Waals surface area contributed by atoms with Gasteiger partial charge in [0.25, 0.3) is 0 Å². The van der Waals surface area contributed by atoms with Gasteiger partial charge in [-0.1, -0.05) is 95.3 Å². The topological polar surface area (TPSA) is 28.2 Å². The zero-order chi connectivity index (χ0) is 24.2. The second kappa shape index (κ2) is 10.8. The molecule has 1 aliphatic rings. The number of rotatable bonds is 7. The number of anilines is 1. The molecule has 4 aromatic rings. The Morgan fingerprint density at radius 3 is 2.11 bits per heavy atom. The van der Waals surface area contributed by atoms with Gasteiger partial charge in [0.2, 0.25) is 0 Å². The van der Waals surface area contributed by atoms with E-state index in [0.29, 0.717) is 5.92 Å². The highest BCUT2D eigenvalue weighted by molar-refractivity contribution is 7.19. The Bertz CT molecular complexity index is 1190. The molecule has 2 heterocycles. The lowest BCUT2D eigenvalue weighted by Gasteiger charge is -2.32. The zero-order valence-corrected chi connectivity index (χ0v) is 21.9. The molecule has 0 bridgehead atoms. The summed E-state index contributed by atoms with van der Waals surface area (Å²) in [7, 11) is 0. The molecular weight excluding hydrogens is 446 g/mol. The SMILES string of the molecule is Cc1ccc(-c2nc(NCC3CCN(Cc4ccccc4C)CC3)sc2-c2ccc(C)cc2)cc1. The van der Waals surface area contributed by atoms with Crippen LogP contribution in [0.5, 0.6) is 0 Å². The van der Waals surface area contributed by atoms with Crippen molar-refractivity contribution in [2.45, 2.75) is 40.2 Å². The highest BCUT2D eigenvalue weighted by Gasteiger charge is 2.21. The molecule has 0 saturated carbocycles. The van der Waals surface area contributed by atoms with Crippen molar-refractivity contribution in [3.05, 3.63) is 95.1 Å². The van der Waals surface area contributed by atoms with Crippen LogP contribution in [-0.4, -0.2) is 29.5 Å². The van der Waals surface area contributed by atoms with Gasteiger partial charge >= 0.3 is 0 Å². The lowest BCUT2D eigenvalue weighted by Crippen LogP contribution is -2.35. The number of benzene rings is 3. The van der Waals surface area contributed by atoms with E-state index in [1.54, 1.807) is 11.3 Å². The monoisotopic (exact) mass is 481 g/mol. The Kier molecular flexibility index (Phi) is 7.31. The van der Waals surface area contributed by atoms with Crippen LogP contribution in [0.2, 0.25) is 0 Å². The first-order chi connectivity index (χ1) is 17.0. The molecule has 0 amide bonds. The molecule has 3 aromatic carbocycles. The summed E-state index contributed by atoms with van der Waals surface area (Å²) in [6, 6.07) is 26.3. The van der Waals surface area contributed by atoms with Gasteiger partial charge in [-0.05, 0) is 69.3 Å². The maximum Gasteiger partial charge on any atom is 0.183 e. The average molecular weight is 482 g/mol. The van der Waals surface area contributed by atoms with Crippen molar-refractivity contribution in [3.8, 4) is 21.7 Å². The summed E-state index contributed by atoms with van der Waals surface area (Å²) >= 11 is 1.78. The Hall–Kier alpha value is -2.95. The first-order valence-electron chi connectivity index (χ1n) is 12.7. The molecule has 0 aliphatic carbocycles. The van der Waals surface area contributed by atoms with Gasteiger partial charge in [0, 0.05) is 18.7 Å². The van der Waals surface area contributed by atoms with Crippen molar-refractivity contribution >= 4 is 16.5 Å². The number of likely N-dealkylation sites (tertiary alicyclic amines) is 1. The van der Waals surface area contributed by atoms with E-state index in [-0.39, 0.29) is 0 Å². The van der Waals surface area contributed by atoms with Crippen molar-refractivity contribution in [1.29, 1.82) is 0 Å². The Labute approximate surface area is 213 Å². The summed E-state index contributed by atoms with van der Waals surface area (Å²) in [4.78, 5) is 8.92. The molecule has 4 heteroatoms. The van der Waals surface area contributed by atoms with Gasteiger partial charge in [-0.25, -0.2) is 4.98 Å². The average Bonchev–Trinajstić information content (AvgIpc) is 3.30. The first-order valence-corrected chi connectivity index (χ1v) is 13.5. The summed E-state index contributed by atoms with van der Waals surface area (Å²) in [6.45, 7) is 10.9. The minimum absolute atomic E-state index is 0.692. The molecule has 35 heavy (non-hydrogen) atoms. The summed E-state index contributed by atoms with van der Waals surface area (Å²) in [6.07, 6.45) is 2.47. The van der Waals surface area contributed by atoms with Crippen LogP contribution in [0.4, 0.5) is 5.13 Å². The van der Waals surface area contributed by atoms with Gasteiger partial charge in [0.15, 0.2) is 5.13 Å². The minimum Gasteiger partial charge on any atom is -0.361 e. The quantitative estimate of drug-likeness (QED) is 0.293. The number of nitrogens with zero attached hydrogens (tertiary/aromatic N) is 2. The predicted octanol–water partition coefficient (Wildman–Crippen LogP) is 7.73. The molecule has 0 unspecified atom stereocenters. The van der Waals surface area contributed by atoms with Crippen LogP contribution in [0.25, 0.3) is 21.7 Å². The number of hydrogen-bond donors (Lipinski definition) is 1. The van der Waals surface area contributed by atoms with Gasteiger partial charge in [0.1, 0.15) is 0 Å². The number of nitrogens with one attached hydrogen (secondary N) is 1. The van der Waals surface area contributed by atoms with Crippen LogP contribution < -0.4 is 5.32 Å². The van der Waals surface area contributed by atoms with Crippen LogP contribution >= 0.6 is 11.3 Å². The highest BCUT2D eigenvalue weighted by atomic mass is 32.1. The van der Waals surface area contributed by atoms with E-state index >= 15 is 0 Å². The molecule has 1 N–H and O–H groups in total. The maximum atomic E-state index is 5.07. The Morgan fingerprint density at radius 1 is 0.829 bits per heavy atom. The molecule has 1 aliphatic heterocycles. The summed E-state index contributed by atoms with van der Waals surface area (Å²) < 4.78 is 0. The fourth-order valence-corrected chi connectivity index (χ4v) is 5.81. The molecule has 0 radical (unpaired) electrons. The second-order valence-electron chi connectivity index (χ2n) is 9.96. The van der Waals surface area contributed by atoms with E-state index in [9.17, 15) is 0 Å². The summed E-state index contributed by atoms with van der Waals surface area (Å²) in [5.74, 6) is 0.692. The molecule has 0 spiro atoms. The fourth-order valence-electron chi connectivity index (χ4n) is 4.81. The molecule has 0 atom stereocenters. The lowest BCUT2D eigenvalue weighted by atomic mass is 9.96. The van der Waals surface area contributed by atoms with Crippen LogP contribution in [0.15, 0.2) is 72.8 Å². The predicted molar refractivity (Wildman–Crippen MR) is 150 cm³/mol. The first kappa shape index (κ1) is 23.8. The van der Waals surface area contributed by atoms with E-state index in [1.807, 2.05) is 0 Å². The van der Waals surface area contributed by atoms with Gasteiger partial charge in [-0.3, -0.25) is 4.90 Å². The minimum atomic E-state index is 0.692. The van der Waals surface area contributed by atoms with Crippen molar-refractivity contribution in [2.75, 3.05) is 25.0 Å². The Morgan fingerprint density at radius 2 is 1.46 bits per heavy atom. The number of piperidine rings is 1. The summed E-state index contributed by atoms with van der Waals surface area (Å²) in [5, 5.41) is 4.73. The number of aryl methyl sites for hydroxylation is 3. The molecular formula is C31H35N3S. The smallest absolute Gasteiger partial charge is 0.183 e. The van der Waals surface area contributed by atoms with E-state index in [0.717, 1.165) is 23.9 Å². The van der Waals surface area contributed by atoms with Gasteiger partial charge < -0.3 is 5.32 Å². The molecule has 1 saturated heterocycles. The fraction of sp³-hybridized carbons (Fsp3) is 0.323. The van der Waals surface area contributed by atoms with E-state index in [4.69, 9.17) is 4.98 Å². The van der Waals surface area contributed by atoms with Crippen LogP contribution in [-0.2, 0) is 6.54 Å². The number of thiazole rings is 1. The van der Waals surface area contributed by atoms with E-state index < -0.39 is 0 Å². The molecule has 5 rings (SSSR count). The van der Waals surface area contributed by atoms with Crippen LogP contribution in [0.3, 0.4) is 0 Å². The van der Waals surface area contributed by atoms with Crippen molar-refractivity contribution in [3.63, 3.8) is 0 Å². The van der Waals surface area contributed by atoms with Crippen molar-refractivity contribution in [1.82, 2.24) is 9.88 Å². The number of aromatic nitrogens is 1. The third-order valence-electron chi connectivity index (χ3n) is 7.17. The van der Waals surface area contributed by atoms with Crippen molar-refractivity contribution < 1.29 is 0 Å². The van der Waals surface area contributed by atoms with Gasteiger partial charge in [0.05, 0.1) is 10.6 Å².